The van der Waals surface area contributed by atoms with Gasteiger partial charge in [0, 0.05) is 6.54 Å². The number of carbonyl (C=O) groups is 1. The summed E-state index contributed by atoms with van der Waals surface area (Å²) in [6.07, 6.45) is 3.21. The van der Waals surface area contributed by atoms with Crippen molar-refractivity contribution in [3.8, 4) is 6.07 Å². The Balaban J connectivity index is 2.23. The first-order valence-electron chi connectivity index (χ1n) is 7.00. The van der Waals surface area contributed by atoms with Crippen LogP contribution in [-0.2, 0) is 9.53 Å². The summed E-state index contributed by atoms with van der Waals surface area (Å²) >= 11 is 1.84. The maximum atomic E-state index is 12.2. The van der Waals surface area contributed by atoms with Gasteiger partial charge in [0.05, 0.1) is 18.7 Å². The predicted molar refractivity (Wildman–Crippen MR) is 84.0 cm³/mol. The van der Waals surface area contributed by atoms with Crippen molar-refractivity contribution in [2.75, 3.05) is 32.2 Å². The molecule has 2 atom stereocenters. The Kier molecular flexibility index (Phi) is 5.66. The van der Waals surface area contributed by atoms with Gasteiger partial charge in [-0.3, -0.25) is 4.90 Å². The van der Waals surface area contributed by atoms with E-state index in [1.807, 2.05) is 23.9 Å². The minimum atomic E-state index is -0.407. The number of hydrogen-bond donors (Lipinski definition) is 0. The van der Waals surface area contributed by atoms with E-state index < -0.39 is 6.04 Å². The first-order valence-corrected chi connectivity index (χ1v) is 8.39. The number of hydrogen-bond acceptors (Lipinski definition) is 5. The van der Waals surface area contributed by atoms with Crippen LogP contribution in [0.4, 0.5) is 0 Å². The lowest BCUT2D eigenvalue weighted by atomic mass is 10.0. The van der Waals surface area contributed by atoms with Gasteiger partial charge in [0.1, 0.15) is 6.04 Å². The number of benzene rings is 1. The zero-order valence-electron chi connectivity index (χ0n) is 12.4. The molecule has 0 radical (unpaired) electrons. The Labute approximate surface area is 130 Å². The van der Waals surface area contributed by atoms with Gasteiger partial charge in [0.25, 0.3) is 0 Å². The molecule has 1 fully saturated rings. The van der Waals surface area contributed by atoms with Crippen LogP contribution in [0.15, 0.2) is 24.3 Å². The Morgan fingerprint density at radius 1 is 1.62 bits per heavy atom. The van der Waals surface area contributed by atoms with Crippen molar-refractivity contribution in [3.05, 3.63) is 35.4 Å². The molecule has 1 aromatic carbocycles. The zero-order chi connectivity index (χ0) is 15.2. The van der Waals surface area contributed by atoms with E-state index in [1.54, 1.807) is 12.1 Å². The quantitative estimate of drug-likeness (QED) is 0.782. The number of likely N-dealkylation sites (tertiary alicyclic amines) is 1. The monoisotopic (exact) mass is 304 g/mol. The minimum absolute atomic E-state index is 0.255. The molecule has 0 bridgehead atoms. The molecule has 0 N–H and O–H groups in total. The van der Waals surface area contributed by atoms with Crippen LogP contribution in [0.5, 0.6) is 0 Å². The molecular weight excluding hydrogens is 284 g/mol. The van der Waals surface area contributed by atoms with Crippen molar-refractivity contribution < 1.29 is 9.53 Å². The van der Waals surface area contributed by atoms with Crippen LogP contribution >= 0.6 is 11.8 Å². The topological polar surface area (TPSA) is 53.3 Å². The van der Waals surface area contributed by atoms with Crippen molar-refractivity contribution in [2.24, 2.45) is 5.92 Å². The summed E-state index contributed by atoms with van der Waals surface area (Å²) < 4.78 is 4.98. The number of carbonyl (C=O) groups excluding carboxylic acids is 1. The molecule has 0 spiro atoms. The van der Waals surface area contributed by atoms with E-state index in [1.165, 1.54) is 7.11 Å². The normalized spacial score (nSPS) is 20.0. The second-order valence-electron chi connectivity index (χ2n) is 5.27. The lowest BCUT2D eigenvalue weighted by molar-refractivity contribution is -0.147. The fraction of sp³-hybridized carbons (Fsp3) is 0.500. The number of rotatable bonds is 5. The van der Waals surface area contributed by atoms with Crippen LogP contribution in [0.2, 0.25) is 0 Å². The van der Waals surface area contributed by atoms with E-state index in [0.717, 1.165) is 30.8 Å². The molecule has 1 aliphatic heterocycles. The average molecular weight is 304 g/mol. The third kappa shape index (κ3) is 3.78. The number of thioether (sulfide) groups is 1. The van der Waals surface area contributed by atoms with Crippen molar-refractivity contribution >= 4 is 17.7 Å². The van der Waals surface area contributed by atoms with E-state index in [4.69, 9.17) is 10.00 Å². The van der Waals surface area contributed by atoms with Gasteiger partial charge in [-0.05, 0) is 48.6 Å². The van der Waals surface area contributed by atoms with Crippen LogP contribution < -0.4 is 0 Å². The molecule has 0 saturated carbocycles. The zero-order valence-corrected chi connectivity index (χ0v) is 13.2. The molecule has 0 aromatic heterocycles. The fourth-order valence-corrected chi connectivity index (χ4v) is 3.60. The highest BCUT2D eigenvalue weighted by Gasteiger charge is 2.34. The molecule has 112 valence electrons. The molecule has 21 heavy (non-hydrogen) atoms. The van der Waals surface area contributed by atoms with Gasteiger partial charge < -0.3 is 4.74 Å². The Morgan fingerprint density at radius 2 is 2.43 bits per heavy atom. The van der Waals surface area contributed by atoms with Gasteiger partial charge >= 0.3 is 5.97 Å². The first kappa shape index (κ1) is 15.9. The molecule has 1 heterocycles. The van der Waals surface area contributed by atoms with Gasteiger partial charge in [-0.2, -0.15) is 17.0 Å². The number of esters is 1. The van der Waals surface area contributed by atoms with E-state index in [0.29, 0.717) is 11.5 Å². The van der Waals surface area contributed by atoms with Crippen molar-refractivity contribution in [2.45, 2.75) is 12.5 Å². The molecule has 0 aliphatic carbocycles. The van der Waals surface area contributed by atoms with Gasteiger partial charge in [-0.15, -0.1) is 0 Å². The van der Waals surface area contributed by atoms with Crippen LogP contribution in [0.25, 0.3) is 0 Å². The predicted octanol–water partition coefficient (Wildman–Crippen LogP) is 2.46. The van der Waals surface area contributed by atoms with Crippen LogP contribution in [0.3, 0.4) is 0 Å². The number of ether oxygens (including phenoxy) is 1. The lowest BCUT2D eigenvalue weighted by Gasteiger charge is -2.26. The van der Waals surface area contributed by atoms with Gasteiger partial charge in [-0.25, -0.2) is 4.79 Å². The largest absolute Gasteiger partial charge is 0.468 e. The summed E-state index contributed by atoms with van der Waals surface area (Å²) in [4.78, 5) is 14.4. The maximum Gasteiger partial charge on any atom is 0.327 e. The molecule has 4 nitrogen and oxygen atoms in total. The number of nitriles is 1. The third-order valence-corrected chi connectivity index (χ3v) is 4.65. The minimum Gasteiger partial charge on any atom is -0.468 e. The second kappa shape index (κ2) is 7.48. The molecule has 2 rings (SSSR count). The van der Waals surface area contributed by atoms with Crippen LogP contribution in [0, 0.1) is 17.2 Å². The molecule has 1 saturated heterocycles. The molecule has 5 heteroatoms. The molecule has 0 unspecified atom stereocenters. The van der Waals surface area contributed by atoms with E-state index in [2.05, 4.69) is 17.2 Å². The Bertz CT molecular complexity index is 541. The van der Waals surface area contributed by atoms with Gasteiger partial charge in [0.2, 0.25) is 0 Å². The highest BCUT2D eigenvalue weighted by molar-refractivity contribution is 7.98. The van der Waals surface area contributed by atoms with Crippen LogP contribution in [-0.4, -0.2) is 43.1 Å². The van der Waals surface area contributed by atoms with Gasteiger partial charge in [-0.1, -0.05) is 12.1 Å². The summed E-state index contributed by atoms with van der Waals surface area (Å²) in [7, 11) is 1.42. The highest BCUT2D eigenvalue weighted by Crippen LogP contribution is 2.30. The lowest BCUT2D eigenvalue weighted by Crippen LogP contribution is -2.33. The summed E-state index contributed by atoms with van der Waals surface area (Å²) in [5.74, 6) is 1.48. The summed E-state index contributed by atoms with van der Waals surface area (Å²) in [5, 5.41) is 9.03. The standard InChI is InChI=1S/C16H20N2O2S/c1-20-16(19)15(14-5-3-4-12(8-14)9-17)18-7-6-13(10-18)11-21-2/h3-5,8,13,15H,6-7,10-11H2,1-2H3/t13-,15+/m1/s1. The van der Waals surface area contributed by atoms with Crippen molar-refractivity contribution in [3.63, 3.8) is 0 Å². The van der Waals surface area contributed by atoms with E-state index in [-0.39, 0.29) is 5.97 Å². The Morgan fingerprint density at radius 3 is 3.10 bits per heavy atom. The average Bonchev–Trinajstić information content (AvgIpc) is 2.96. The fourth-order valence-electron chi connectivity index (χ4n) is 2.85. The number of nitrogens with zero attached hydrogens (tertiary/aromatic N) is 2. The summed E-state index contributed by atoms with van der Waals surface area (Å²) in [6.45, 7) is 1.79. The van der Waals surface area contributed by atoms with Crippen molar-refractivity contribution in [1.82, 2.24) is 4.90 Å². The molecule has 1 aliphatic rings. The van der Waals surface area contributed by atoms with E-state index in [9.17, 15) is 4.79 Å². The second-order valence-corrected chi connectivity index (χ2v) is 6.18. The first-order chi connectivity index (χ1) is 10.2. The third-order valence-electron chi connectivity index (χ3n) is 3.84. The van der Waals surface area contributed by atoms with Gasteiger partial charge in [0.15, 0.2) is 0 Å². The highest BCUT2D eigenvalue weighted by atomic mass is 32.2. The SMILES string of the molecule is COC(=O)[C@H](c1cccc(C#N)c1)N1CC[C@@H](CSC)C1. The summed E-state index contributed by atoms with van der Waals surface area (Å²) in [5.41, 5.74) is 1.41. The van der Waals surface area contributed by atoms with E-state index >= 15 is 0 Å². The molecular formula is C16H20N2O2S. The molecule has 1 aromatic rings. The maximum absolute atomic E-state index is 12.2. The smallest absolute Gasteiger partial charge is 0.327 e. The Hall–Kier alpha value is -1.51. The number of methoxy groups -OCH3 is 1. The van der Waals surface area contributed by atoms with Crippen molar-refractivity contribution in [1.29, 1.82) is 5.26 Å². The molecule has 0 amide bonds. The summed E-state index contributed by atoms with van der Waals surface area (Å²) in [6, 6.07) is 8.96. The van der Waals surface area contributed by atoms with Crippen LogP contribution in [0.1, 0.15) is 23.6 Å².